The van der Waals surface area contributed by atoms with Crippen LogP contribution in [-0.4, -0.2) is 41.5 Å². The van der Waals surface area contributed by atoms with Crippen molar-refractivity contribution in [1.82, 2.24) is 9.96 Å². The molecule has 1 aromatic heterocycles. The van der Waals surface area contributed by atoms with E-state index in [0.29, 0.717) is 11.5 Å². The Morgan fingerprint density at radius 1 is 1.33 bits per heavy atom. The van der Waals surface area contributed by atoms with E-state index in [2.05, 4.69) is 29.3 Å². The van der Waals surface area contributed by atoms with Crippen molar-refractivity contribution in [2.45, 2.75) is 39.3 Å². The number of carbonyl (C=O) groups excluding carboxylic acids is 1. The molecular formula is C21H27FN2O2S. The van der Waals surface area contributed by atoms with Crippen LogP contribution in [0.25, 0.3) is 0 Å². The van der Waals surface area contributed by atoms with Crippen LogP contribution in [0, 0.1) is 11.7 Å². The number of hydrogen-bond donors (Lipinski definition) is 0. The third-order valence-corrected chi connectivity index (χ3v) is 6.06. The van der Waals surface area contributed by atoms with Crippen LogP contribution in [0.1, 0.15) is 30.7 Å². The van der Waals surface area contributed by atoms with E-state index < -0.39 is 0 Å². The molecule has 2 atom stereocenters. The van der Waals surface area contributed by atoms with Gasteiger partial charge in [0.05, 0.1) is 6.04 Å². The summed E-state index contributed by atoms with van der Waals surface area (Å²) in [5.41, 5.74) is 0.463. The van der Waals surface area contributed by atoms with Crippen molar-refractivity contribution < 1.29 is 14.0 Å². The number of likely N-dealkylation sites (tertiary alicyclic amines) is 1. The first-order valence-electron chi connectivity index (χ1n) is 9.45. The van der Waals surface area contributed by atoms with Gasteiger partial charge in [-0.25, -0.2) is 9.45 Å². The average molecular weight is 391 g/mol. The fourth-order valence-electron chi connectivity index (χ4n) is 3.67. The molecule has 0 N–H and O–H groups in total. The fraction of sp³-hybridized carbons (Fsp3) is 0.476. The molecule has 2 heterocycles. The number of hydroxylamine groups is 2. The van der Waals surface area contributed by atoms with Crippen LogP contribution in [0.3, 0.4) is 0 Å². The Hall–Kier alpha value is -1.76. The standard InChI is InChI=1S/C21H27FN2O2S/c1-16-14-23(11-9-19-7-5-13-27-19)12-10-21(16)24(17(2)25)26-15-18-6-3-4-8-20(18)22/h3-8,13,16,21H,9-12,14-15H2,1-2H3. The van der Waals surface area contributed by atoms with Crippen molar-refractivity contribution in [3.05, 3.63) is 58.0 Å². The van der Waals surface area contributed by atoms with E-state index in [1.165, 1.54) is 22.9 Å². The molecule has 1 aromatic carbocycles. The summed E-state index contributed by atoms with van der Waals surface area (Å²) in [6, 6.07) is 10.8. The van der Waals surface area contributed by atoms with Gasteiger partial charge in [-0.1, -0.05) is 31.2 Å². The van der Waals surface area contributed by atoms with Crippen molar-refractivity contribution in [2.75, 3.05) is 19.6 Å². The van der Waals surface area contributed by atoms with Crippen molar-refractivity contribution in [1.29, 1.82) is 0 Å². The maximum Gasteiger partial charge on any atom is 0.243 e. The summed E-state index contributed by atoms with van der Waals surface area (Å²) in [6.45, 7) is 6.64. The molecule has 3 rings (SSSR count). The van der Waals surface area contributed by atoms with Gasteiger partial charge in [0.15, 0.2) is 0 Å². The molecule has 1 aliphatic rings. The van der Waals surface area contributed by atoms with E-state index in [1.54, 1.807) is 29.5 Å². The van der Waals surface area contributed by atoms with Crippen molar-refractivity contribution in [2.24, 2.45) is 5.92 Å². The minimum atomic E-state index is -0.308. The van der Waals surface area contributed by atoms with E-state index >= 15 is 0 Å². The first-order valence-corrected chi connectivity index (χ1v) is 10.3. The number of thiophene rings is 1. The minimum absolute atomic E-state index is 0.0206. The third-order valence-electron chi connectivity index (χ3n) is 5.13. The Labute approximate surface area is 164 Å². The summed E-state index contributed by atoms with van der Waals surface area (Å²) < 4.78 is 13.8. The van der Waals surface area contributed by atoms with Gasteiger partial charge in [0.25, 0.3) is 0 Å². The Morgan fingerprint density at radius 2 is 2.15 bits per heavy atom. The molecule has 0 aliphatic carbocycles. The van der Waals surface area contributed by atoms with Gasteiger partial charge in [-0.05, 0) is 36.3 Å². The summed E-state index contributed by atoms with van der Waals surface area (Å²) >= 11 is 1.80. The van der Waals surface area contributed by atoms with Crippen molar-refractivity contribution >= 4 is 17.2 Å². The summed E-state index contributed by atoms with van der Waals surface area (Å²) in [7, 11) is 0. The highest BCUT2D eigenvalue weighted by atomic mass is 32.1. The van der Waals surface area contributed by atoms with Crippen LogP contribution >= 0.6 is 11.3 Å². The molecule has 6 heteroatoms. The highest BCUT2D eigenvalue weighted by Crippen LogP contribution is 2.24. The molecule has 2 unspecified atom stereocenters. The Balaban J connectivity index is 1.55. The fourth-order valence-corrected chi connectivity index (χ4v) is 4.37. The van der Waals surface area contributed by atoms with E-state index in [-0.39, 0.29) is 24.4 Å². The first-order chi connectivity index (χ1) is 13.0. The summed E-state index contributed by atoms with van der Waals surface area (Å²) in [4.78, 5) is 21.8. The van der Waals surface area contributed by atoms with Gasteiger partial charge in [0, 0.05) is 37.0 Å². The van der Waals surface area contributed by atoms with Gasteiger partial charge in [0.1, 0.15) is 12.4 Å². The van der Waals surface area contributed by atoms with Crippen LogP contribution in [-0.2, 0) is 22.7 Å². The molecule has 0 bridgehead atoms. The molecule has 1 amide bonds. The predicted molar refractivity (Wildman–Crippen MR) is 106 cm³/mol. The van der Waals surface area contributed by atoms with Crippen molar-refractivity contribution in [3.63, 3.8) is 0 Å². The number of nitrogens with zero attached hydrogens (tertiary/aromatic N) is 2. The van der Waals surface area contributed by atoms with Crippen LogP contribution in [0.4, 0.5) is 4.39 Å². The number of piperidine rings is 1. The average Bonchev–Trinajstić information content (AvgIpc) is 3.16. The number of amides is 1. The molecule has 1 saturated heterocycles. The lowest BCUT2D eigenvalue weighted by Crippen LogP contribution is -2.51. The first kappa shape index (κ1) is 20.0. The molecule has 27 heavy (non-hydrogen) atoms. The van der Waals surface area contributed by atoms with Crippen LogP contribution in [0.2, 0.25) is 0 Å². The van der Waals surface area contributed by atoms with Crippen molar-refractivity contribution in [3.8, 4) is 0 Å². The number of carbonyl (C=O) groups is 1. The monoisotopic (exact) mass is 390 g/mol. The maximum atomic E-state index is 13.8. The van der Waals surface area contributed by atoms with E-state index in [1.807, 2.05) is 0 Å². The quantitative estimate of drug-likeness (QED) is 0.667. The summed E-state index contributed by atoms with van der Waals surface area (Å²) in [6.07, 6.45) is 1.93. The highest BCUT2D eigenvalue weighted by molar-refractivity contribution is 7.09. The second-order valence-electron chi connectivity index (χ2n) is 7.17. The molecular weight excluding hydrogens is 363 g/mol. The zero-order valence-electron chi connectivity index (χ0n) is 15.9. The number of benzene rings is 1. The predicted octanol–water partition coefficient (Wildman–Crippen LogP) is 4.12. The highest BCUT2D eigenvalue weighted by Gasteiger charge is 2.33. The second-order valence-corrected chi connectivity index (χ2v) is 8.21. The molecule has 2 aromatic rings. The van der Waals surface area contributed by atoms with Gasteiger partial charge in [-0.15, -0.1) is 11.3 Å². The second kappa shape index (κ2) is 9.44. The van der Waals surface area contributed by atoms with Gasteiger partial charge >= 0.3 is 0 Å². The number of halogens is 1. The van der Waals surface area contributed by atoms with Gasteiger partial charge in [0.2, 0.25) is 5.91 Å². The smallest absolute Gasteiger partial charge is 0.243 e. The Bertz CT molecular complexity index is 738. The molecule has 146 valence electrons. The number of hydrogen-bond acceptors (Lipinski definition) is 4. The molecule has 0 radical (unpaired) electrons. The Morgan fingerprint density at radius 3 is 2.81 bits per heavy atom. The maximum absolute atomic E-state index is 13.8. The van der Waals surface area contributed by atoms with Crippen LogP contribution in [0.15, 0.2) is 41.8 Å². The van der Waals surface area contributed by atoms with Gasteiger partial charge in [-0.3, -0.25) is 9.63 Å². The van der Waals surface area contributed by atoms with E-state index in [0.717, 1.165) is 32.5 Å². The van der Waals surface area contributed by atoms with Gasteiger partial charge < -0.3 is 4.90 Å². The lowest BCUT2D eigenvalue weighted by atomic mass is 9.93. The Kier molecular flexibility index (Phi) is 6.99. The SMILES string of the molecule is CC(=O)N(OCc1ccccc1F)C1CCN(CCc2cccs2)CC1C. The topological polar surface area (TPSA) is 32.8 Å². The number of rotatable bonds is 7. The summed E-state index contributed by atoms with van der Waals surface area (Å²) in [5.74, 6) is -0.140. The zero-order valence-corrected chi connectivity index (χ0v) is 16.8. The van der Waals surface area contributed by atoms with Crippen LogP contribution < -0.4 is 0 Å². The molecule has 0 saturated carbocycles. The largest absolute Gasteiger partial charge is 0.303 e. The van der Waals surface area contributed by atoms with E-state index in [9.17, 15) is 9.18 Å². The summed E-state index contributed by atoms with van der Waals surface area (Å²) in [5, 5.41) is 3.58. The molecule has 1 fully saturated rings. The zero-order chi connectivity index (χ0) is 19.2. The lowest BCUT2D eigenvalue weighted by molar-refractivity contribution is -0.214. The lowest BCUT2D eigenvalue weighted by Gasteiger charge is -2.41. The minimum Gasteiger partial charge on any atom is -0.303 e. The normalized spacial score (nSPS) is 20.6. The van der Waals surface area contributed by atoms with Gasteiger partial charge in [-0.2, -0.15) is 0 Å². The molecule has 1 aliphatic heterocycles. The third kappa shape index (κ3) is 5.37. The van der Waals surface area contributed by atoms with E-state index in [4.69, 9.17) is 4.84 Å². The molecule has 4 nitrogen and oxygen atoms in total. The van der Waals surface area contributed by atoms with Crippen LogP contribution in [0.5, 0.6) is 0 Å². The molecule has 0 spiro atoms.